The monoisotopic (exact) mass is 304 g/mol. The fourth-order valence-corrected chi connectivity index (χ4v) is 2.36. The Morgan fingerprint density at radius 1 is 1.47 bits per heavy atom. The minimum Gasteiger partial charge on any atom is -0.481 e. The number of aromatic nitrogens is 4. The van der Waals surface area contributed by atoms with Gasteiger partial charge in [0.2, 0.25) is 11.8 Å². The van der Waals surface area contributed by atoms with Crippen LogP contribution in [0, 0.1) is 0 Å². The number of ether oxygens (including phenoxy) is 1. The van der Waals surface area contributed by atoms with Gasteiger partial charge in [0, 0.05) is 6.07 Å². The molecule has 0 atom stereocenters. The lowest BCUT2D eigenvalue weighted by molar-refractivity contribution is 0.397. The zero-order valence-electron chi connectivity index (χ0n) is 9.58. The number of nitrogens with one attached hydrogen (secondary N) is 2. The number of hydrogen-bond donors (Lipinski definition) is 3. The highest BCUT2D eigenvalue weighted by atomic mass is 35.5. The van der Waals surface area contributed by atoms with Crippen molar-refractivity contribution in [2.75, 3.05) is 17.6 Å². The Labute approximate surface area is 113 Å². The van der Waals surface area contributed by atoms with Crippen molar-refractivity contribution in [1.82, 2.24) is 20.2 Å². The Bertz CT molecular complexity index is 700. The van der Waals surface area contributed by atoms with Crippen molar-refractivity contribution in [3.05, 3.63) is 17.4 Å². The highest BCUT2D eigenvalue weighted by molar-refractivity contribution is 7.92. The first-order valence-electron chi connectivity index (χ1n) is 4.82. The summed E-state index contributed by atoms with van der Waals surface area (Å²) in [6.07, 6.45) is 1.07. The smallest absolute Gasteiger partial charge is 0.269 e. The van der Waals surface area contributed by atoms with Crippen molar-refractivity contribution in [2.24, 2.45) is 0 Å². The molecule has 0 radical (unpaired) electrons. The van der Waals surface area contributed by atoms with E-state index in [-0.39, 0.29) is 27.7 Å². The van der Waals surface area contributed by atoms with Crippen molar-refractivity contribution in [3.8, 4) is 5.88 Å². The number of rotatable bonds is 4. The maximum Gasteiger partial charge on any atom is 0.269 e. The average Bonchev–Trinajstić information content (AvgIpc) is 2.74. The molecule has 0 aliphatic heterocycles. The lowest BCUT2D eigenvalue weighted by Crippen LogP contribution is -2.16. The van der Waals surface area contributed by atoms with E-state index in [2.05, 4.69) is 24.9 Å². The number of halogens is 1. The third-order valence-electron chi connectivity index (χ3n) is 2.03. The summed E-state index contributed by atoms with van der Waals surface area (Å²) in [5, 5.41) is 5.86. The van der Waals surface area contributed by atoms with Gasteiger partial charge in [0.25, 0.3) is 10.0 Å². The molecule has 11 heteroatoms. The Morgan fingerprint density at radius 3 is 2.79 bits per heavy atom. The van der Waals surface area contributed by atoms with Gasteiger partial charge in [-0.15, -0.1) is 0 Å². The molecule has 19 heavy (non-hydrogen) atoms. The fourth-order valence-electron chi connectivity index (χ4n) is 1.22. The molecule has 0 aliphatic carbocycles. The number of nitrogens with two attached hydrogens (primary N) is 1. The minimum absolute atomic E-state index is 0.0321. The lowest BCUT2D eigenvalue weighted by atomic mass is 10.6. The normalized spacial score (nSPS) is 11.3. The molecule has 0 spiro atoms. The Balaban J connectivity index is 2.36. The number of hydrogen-bond acceptors (Lipinski definition) is 7. The van der Waals surface area contributed by atoms with Gasteiger partial charge in [-0.05, 0) is 0 Å². The summed E-state index contributed by atoms with van der Waals surface area (Å²) in [5.74, 6) is -0.204. The van der Waals surface area contributed by atoms with E-state index in [0.717, 1.165) is 6.20 Å². The fraction of sp³-hybridized carbons (Fsp3) is 0.125. The number of nitrogen functional groups attached to an aromatic ring is 1. The van der Waals surface area contributed by atoms with Gasteiger partial charge in [-0.1, -0.05) is 11.6 Å². The van der Waals surface area contributed by atoms with Crippen LogP contribution in [-0.4, -0.2) is 35.7 Å². The molecule has 2 aromatic heterocycles. The van der Waals surface area contributed by atoms with Crippen molar-refractivity contribution in [2.45, 2.75) is 4.90 Å². The molecule has 0 saturated carbocycles. The molecule has 4 N–H and O–H groups in total. The molecule has 2 aromatic rings. The van der Waals surface area contributed by atoms with Gasteiger partial charge in [-0.25, -0.2) is 18.1 Å². The Hall–Kier alpha value is -2.07. The van der Waals surface area contributed by atoms with E-state index in [1.807, 2.05) is 0 Å². The minimum atomic E-state index is -3.95. The van der Waals surface area contributed by atoms with Gasteiger partial charge in [-0.3, -0.25) is 5.10 Å². The van der Waals surface area contributed by atoms with E-state index < -0.39 is 10.0 Å². The SMILES string of the molecule is COc1cc(Cl)nc(NS(=O)(=O)c2cn[nH]c2N)n1. The van der Waals surface area contributed by atoms with Crippen LogP contribution in [0.2, 0.25) is 5.15 Å². The van der Waals surface area contributed by atoms with E-state index in [9.17, 15) is 8.42 Å². The zero-order valence-corrected chi connectivity index (χ0v) is 11.2. The van der Waals surface area contributed by atoms with Crippen LogP contribution in [0.1, 0.15) is 0 Å². The van der Waals surface area contributed by atoms with E-state index in [1.54, 1.807) is 0 Å². The van der Waals surface area contributed by atoms with Gasteiger partial charge in [0.1, 0.15) is 15.9 Å². The summed E-state index contributed by atoms with van der Waals surface area (Å²) in [6.45, 7) is 0. The third-order valence-corrected chi connectivity index (χ3v) is 3.58. The summed E-state index contributed by atoms with van der Waals surface area (Å²) in [4.78, 5) is 7.30. The van der Waals surface area contributed by atoms with Crippen molar-refractivity contribution in [3.63, 3.8) is 0 Å². The Kier molecular flexibility index (Phi) is 3.44. The molecule has 0 amide bonds. The second-order valence-corrected chi connectivity index (χ2v) is 5.35. The predicted molar refractivity (Wildman–Crippen MR) is 67.4 cm³/mol. The number of nitrogens with zero attached hydrogens (tertiary/aromatic N) is 3. The van der Waals surface area contributed by atoms with Crippen molar-refractivity contribution in [1.29, 1.82) is 0 Å². The number of methoxy groups -OCH3 is 1. The standard InChI is InChI=1S/C8H9ClN6O3S/c1-18-6-2-5(9)12-8(13-6)15-19(16,17)4-3-11-14-7(4)10/h2-3H,1H3,(H3,10,11,14)(H,12,13,15). The number of sulfonamides is 1. The van der Waals surface area contributed by atoms with E-state index in [0.29, 0.717) is 0 Å². The van der Waals surface area contributed by atoms with Gasteiger partial charge < -0.3 is 10.5 Å². The summed E-state index contributed by atoms with van der Waals surface area (Å²) >= 11 is 5.70. The largest absolute Gasteiger partial charge is 0.481 e. The van der Waals surface area contributed by atoms with Crippen molar-refractivity contribution >= 4 is 33.4 Å². The maximum atomic E-state index is 12.0. The summed E-state index contributed by atoms with van der Waals surface area (Å²) in [5.41, 5.74) is 5.44. The molecule has 0 fully saturated rings. The quantitative estimate of drug-likeness (QED) is 0.688. The molecule has 9 nitrogen and oxygen atoms in total. The van der Waals surface area contributed by atoms with Crippen LogP contribution >= 0.6 is 11.6 Å². The summed E-state index contributed by atoms with van der Waals surface area (Å²) < 4.78 is 30.9. The number of anilines is 2. The van der Waals surface area contributed by atoms with E-state index >= 15 is 0 Å². The van der Waals surface area contributed by atoms with Crippen LogP contribution in [0.15, 0.2) is 17.2 Å². The second-order valence-electron chi connectivity index (χ2n) is 3.31. The lowest BCUT2D eigenvalue weighted by Gasteiger charge is -2.07. The van der Waals surface area contributed by atoms with Gasteiger partial charge in [0.05, 0.1) is 13.3 Å². The van der Waals surface area contributed by atoms with Crippen LogP contribution in [0.25, 0.3) is 0 Å². The molecule has 0 bridgehead atoms. The van der Waals surface area contributed by atoms with E-state index in [1.165, 1.54) is 13.2 Å². The molecule has 102 valence electrons. The Morgan fingerprint density at radius 2 is 2.21 bits per heavy atom. The van der Waals surface area contributed by atoms with Crippen LogP contribution in [0.5, 0.6) is 5.88 Å². The first-order chi connectivity index (χ1) is 8.92. The summed E-state index contributed by atoms with van der Waals surface area (Å²) in [6, 6.07) is 1.34. The molecule has 0 unspecified atom stereocenters. The third kappa shape index (κ3) is 2.85. The van der Waals surface area contributed by atoms with Gasteiger partial charge >= 0.3 is 0 Å². The second kappa shape index (κ2) is 4.90. The molecule has 2 heterocycles. The van der Waals surface area contributed by atoms with Crippen LogP contribution in [-0.2, 0) is 10.0 Å². The van der Waals surface area contributed by atoms with Crippen molar-refractivity contribution < 1.29 is 13.2 Å². The molecular formula is C8H9ClN6O3S. The number of aromatic amines is 1. The van der Waals surface area contributed by atoms with Gasteiger partial charge in [-0.2, -0.15) is 10.1 Å². The van der Waals surface area contributed by atoms with Crippen LogP contribution in [0.3, 0.4) is 0 Å². The molecule has 2 rings (SSSR count). The molecule has 0 saturated heterocycles. The van der Waals surface area contributed by atoms with Gasteiger partial charge in [0.15, 0.2) is 0 Å². The molecule has 0 aliphatic rings. The highest BCUT2D eigenvalue weighted by Gasteiger charge is 2.21. The molecular weight excluding hydrogens is 296 g/mol. The zero-order chi connectivity index (χ0) is 14.0. The first-order valence-corrected chi connectivity index (χ1v) is 6.68. The topological polar surface area (TPSA) is 136 Å². The molecule has 0 aromatic carbocycles. The highest BCUT2D eigenvalue weighted by Crippen LogP contribution is 2.20. The van der Waals surface area contributed by atoms with Crippen LogP contribution in [0.4, 0.5) is 11.8 Å². The van der Waals surface area contributed by atoms with Crippen LogP contribution < -0.4 is 15.2 Å². The first kappa shape index (κ1) is 13.4. The average molecular weight is 305 g/mol. The maximum absolute atomic E-state index is 12.0. The van der Waals surface area contributed by atoms with E-state index in [4.69, 9.17) is 22.1 Å². The summed E-state index contributed by atoms with van der Waals surface area (Å²) in [7, 11) is -2.58. The number of H-pyrrole nitrogens is 1. The predicted octanol–water partition coefficient (Wildman–Crippen LogP) is 0.245.